The molecule has 2 aliphatic carbocycles. The first kappa shape index (κ1) is 35.1. The number of pyridine rings is 2. The number of rotatable bonds is 7. The zero-order valence-electron chi connectivity index (χ0n) is 28.8. The van der Waals surface area contributed by atoms with Crippen LogP contribution in [0, 0.1) is 5.92 Å². The van der Waals surface area contributed by atoms with Crippen molar-refractivity contribution in [2.24, 2.45) is 5.92 Å². The van der Waals surface area contributed by atoms with Crippen LogP contribution < -0.4 is 20.1 Å². The van der Waals surface area contributed by atoms with Gasteiger partial charge in [-0.15, -0.1) is 11.3 Å². The molecular formula is C37H39N7O7S2. The van der Waals surface area contributed by atoms with E-state index in [2.05, 4.69) is 25.3 Å². The highest BCUT2D eigenvalue weighted by Crippen LogP contribution is 2.46. The number of nitrogens with zero attached hydrogens (tertiary/aromatic N) is 4. The Morgan fingerprint density at radius 3 is 2.62 bits per heavy atom. The predicted octanol–water partition coefficient (Wildman–Crippen LogP) is 3.39. The van der Waals surface area contributed by atoms with E-state index in [0.29, 0.717) is 48.5 Å². The minimum Gasteiger partial charge on any atom is -0.472 e. The van der Waals surface area contributed by atoms with E-state index in [1.165, 1.54) is 16.6 Å². The summed E-state index contributed by atoms with van der Waals surface area (Å²) >= 11 is 1.16. The van der Waals surface area contributed by atoms with Crippen molar-refractivity contribution in [1.29, 1.82) is 0 Å². The number of amides is 4. The molecule has 53 heavy (non-hydrogen) atoms. The summed E-state index contributed by atoms with van der Waals surface area (Å²) in [5.41, 5.74) is 0.525. The fourth-order valence-corrected chi connectivity index (χ4v) is 9.30. The monoisotopic (exact) mass is 757 g/mol. The quantitative estimate of drug-likeness (QED) is 0.186. The smallest absolute Gasteiger partial charge is 0.263 e. The Kier molecular flexibility index (Phi) is 9.35. The zero-order valence-corrected chi connectivity index (χ0v) is 30.4. The van der Waals surface area contributed by atoms with Crippen LogP contribution in [0.25, 0.3) is 21.8 Å². The van der Waals surface area contributed by atoms with Gasteiger partial charge in [0.2, 0.25) is 27.7 Å². The molecule has 1 aromatic carbocycles. The number of sulfonamides is 1. The van der Waals surface area contributed by atoms with Crippen molar-refractivity contribution >= 4 is 66.8 Å². The van der Waals surface area contributed by atoms with Crippen molar-refractivity contribution in [2.75, 3.05) is 6.54 Å². The molecule has 4 amide bonds. The molecule has 276 valence electrons. The second kappa shape index (κ2) is 14.1. The van der Waals surface area contributed by atoms with Gasteiger partial charge in [-0.1, -0.05) is 43.2 Å². The normalized spacial score (nSPS) is 26.5. The van der Waals surface area contributed by atoms with Gasteiger partial charge in [0.1, 0.15) is 28.6 Å². The maximum atomic E-state index is 14.5. The maximum Gasteiger partial charge on any atom is 0.263 e. The SMILES string of the molecule is O=C(N[C@H]1CCCCCC=C[C@@H]2C[C@@]2(C(=O)NS(=O)(=O)C2CC2)NC(=O)[C@@H]2C[C@@H](Oc3nc4ncccc4c4ccccc34)CN2C1=O)c1cncs1. The molecule has 16 heteroatoms. The first-order valence-corrected chi connectivity index (χ1v) is 20.4. The number of hydrogen-bond acceptors (Lipinski definition) is 11. The Labute approximate surface area is 309 Å². The molecule has 4 aromatic rings. The summed E-state index contributed by atoms with van der Waals surface area (Å²) in [7, 11) is -3.89. The van der Waals surface area contributed by atoms with Gasteiger partial charge < -0.3 is 20.3 Å². The van der Waals surface area contributed by atoms with Crippen molar-refractivity contribution in [3.8, 4) is 5.88 Å². The van der Waals surface area contributed by atoms with Crippen LogP contribution in [0.4, 0.5) is 0 Å². The summed E-state index contributed by atoms with van der Waals surface area (Å²) < 4.78 is 34.4. The molecule has 2 aliphatic heterocycles. The topological polar surface area (TPSA) is 190 Å². The van der Waals surface area contributed by atoms with E-state index in [0.717, 1.165) is 40.3 Å². The van der Waals surface area contributed by atoms with Crippen LogP contribution in [-0.4, -0.2) is 87.4 Å². The predicted molar refractivity (Wildman–Crippen MR) is 196 cm³/mol. The van der Waals surface area contributed by atoms with Gasteiger partial charge in [0, 0.05) is 29.3 Å². The molecule has 0 bridgehead atoms. The summed E-state index contributed by atoms with van der Waals surface area (Å²) in [4.78, 5) is 70.8. The van der Waals surface area contributed by atoms with Crippen molar-refractivity contribution in [3.63, 3.8) is 0 Å². The van der Waals surface area contributed by atoms with Crippen molar-refractivity contribution < 1.29 is 32.3 Å². The van der Waals surface area contributed by atoms with Crippen LogP contribution >= 0.6 is 11.3 Å². The lowest BCUT2D eigenvalue weighted by atomic mass is 10.0. The molecule has 14 nitrogen and oxygen atoms in total. The van der Waals surface area contributed by atoms with Crippen LogP contribution in [0.2, 0.25) is 0 Å². The van der Waals surface area contributed by atoms with Gasteiger partial charge in [-0.25, -0.2) is 13.4 Å². The van der Waals surface area contributed by atoms with Crippen molar-refractivity contribution in [1.82, 2.24) is 35.2 Å². The standard InChI is InChI=1S/C37H39N7O7S2/c45-32-29-17-23(51-34-27-11-7-6-10-25(27)26-12-8-16-39-31(26)41-34)20-44(29)35(47)28(40-33(46)30-19-38-21-52-30)13-5-3-1-2-4-9-22-18-37(22,42-32)36(48)43-53(49,50)24-14-15-24/h4,6-12,16,19,21-24,28-29H,1-3,5,13-15,17-18,20H2,(H,40,46)(H,42,45)(H,43,48)/t22-,23-,28+,29+,37-/m1/s1. The average molecular weight is 758 g/mol. The zero-order chi connectivity index (χ0) is 36.7. The molecular weight excluding hydrogens is 719 g/mol. The van der Waals surface area contributed by atoms with Crippen LogP contribution in [0.15, 0.2) is 66.5 Å². The molecule has 5 heterocycles. The number of carbonyl (C=O) groups is 4. The van der Waals surface area contributed by atoms with E-state index in [-0.39, 0.29) is 19.4 Å². The van der Waals surface area contributed by atoms with Gasteiger partial charge in [-0.2, -0.15) is 4.98 Å². The number of nitrogens with one attached hydrogen (secondary N) is 3. The summed E-state index contributed by atoms with van der Waals surface area (Å²) in [6.07, 6.45) is 10.7. The van der Waals surface area contributed by atoms with Gasteiger partial charge in [-0.3, -0.25) is 28.9 Å². The van der Waals surface area contributed by atoms with E-state index in [1.54, 1.807) is 6.20 Å². The molecule has 4 aliphatic rings. The Morgan fingerprint density at radius 2 is 1.83 bits per heavy atom. The summed E-state index contributed by atoms with van der Waals surface area (Å²) in [6.45, 7) is -0.00129. The van der Waals surface area contributed by atoms with Gasteiger partial charge in [0.05, 0.1) is 23.5 Å². The van der Waals surface area contributed by atoms with Crippen molar-refractivity contribution in [2.45, 2.75) is 86.8 Å². The number of carbonyl (C=O) groups excluding carboxylic acids is 4. The third kappa shape index (κ3) is 7.09. The third-order valence-corrected chi connectivity index (χ3v) is 13.1. The van der Waals surface area contributed by atoms with E-state index < -0.39 is 68.5 Å². The second-order valence-electron chi connectivity index (χ2n) is 14.2. The van der Waals surface area contributed by atoms with Crippen LogP contribution in [0.3, 0.4) is 0 Å². The number of aromatic nitrogens is 3. The molecule has 0 spiro atoms. The summed E-state index contributed by atoms with van der Waals surface area (Å²) in [5, 5.41) is 7.63. The molecule has 3 N–H and O–H groups in total. The van der Waals surface area contributed by atoms with Gasteiger partial charge >= 0.3 is 0 Å². The molecule has 3 fully saturated rings. The molecule has 8 rings (SSSR count). The minimum absolute atomic E-state index is 0.00129. The highest BCUT2D eigenvalue weighted by atomic mass is 32.2. The lowest BCUT2D eigenvalue weighted by molar-refractivity contribution is -0.141. The molecule has 0 unspecified atom stereocenters. The molecule has 1 saturated heterocycles. The molecule has 2 saturated carbocycles. The van der Waals surface area contributed by atoms with E-state index in [4.69, 9.17) is 9.72 Å². The lowest BCUT2D eigenvalue weighted by Gasteiger charge is -2.29. The molecule has 3 aromatic heterocycles. The second-order valence-corrected chi connectivity index (χ2v) is 17.1. The molecule has 5 atom stereocenters. The largest absolute Gasteiger partial charge is 0.472 e. The van der Waals surface area contributed by atoms with Gasteiger partial charge in [-0.05, 0) is 62.1 Å². The Balaban J connectivity index is 1.12. The van der Waals surface area contributed by atoms with E-state index in [1.807, 2.05) is 48.6 Å². The number of fused-ring (bicyclic) bond motifs is 5. The number of hydrogen-bond donors (Lipinski definition) is 3. The lowest BCUT2D eigenvalue weighted by Crippen LogP contribution is -2.58. The summed E-state index contributed by atoms with van der Waals surface area (Å²) in [6, 6.07) is 9.35. The Hall–Kier alpha value is -4.96. The Bertz CT molecular complexity index is 2230. The van der Waals surface area contributed by atoms with Gasteiger partial charge in [0.25, 0.3) is 11.8 Å². The van der Waals surface area contributed by atoms with Crippen molar-refractivity contribution in [3.05, 3.63) is 71.3 Å². The van der Waals surface area contributed by atoms with Crippen LogP contribution in [0.1, 0.15) is 67.5 Å². The fourth-order valence-electron chi connectivity index (χ4n) is 7.41. The first-order chi connectivity index (χ1) is 25.6. The van der Waals surface area contributed by atoms with E-state index in [9.17, 15) is 27.6 Å². The first-order valence-electron chi connectivity index (χ1n) is 18.0. The highest BCUT2D eigenvalue weighted by molar-refractivity contribution is 7.91. The van der Waals surface area contributed by atoms with E-state index >= 15 is 0 Å². The minimum atomic E-state index is -3.89. The Morgan fingerprint density at radius 1 is 1.02 bits per heavy atom. The maximum absolute atomic E-state index is 14.5. The number of thiazole rings is 1. The highest BCUT2D eigenvalue weighted by Gasteiger charge is 2.62. The average Bonchev–Trinajstić information content (AvgIpc) is 4.01. The number of ether oxygens (including phenoxy) is 1. The molecule has 0 radical (unpaired) electrons. The number of benzene rings is 1. The third-order valence-electron chi connectivity index (χ3n) is 10.5. The summed E-state index contributed by atoms with van der Waals surface area (Å²) in [5.74, 6) is -2.41. The number of allylic oxidation sites excluding steroid dienone is 1. The van der Waals surface area contributed by atoms with Crippen LogP contribution in [-0.2, 0) is 24.4 Å². The van der Waals surface area contributed by atoms with Gasteiger partial charge in [0.15, 0.2) is 5.65 Å². The fraction of sp³-hybridized carbons (Fsp3) is 0.432. The van der Waals surface area contributed by atoms with Crippen LogP contribution in [0.5, 0.6) is 5.88 Å².